The molecular formula is C108H109Br3Cl3N17O5. The molecule has 0 fully saturated rings. The Morgan fingerprint density at radius 2 is 0.721 bits per heavy atom. The molecule has 0 radical (unpaired) electrons. The van der Waals surface area contributed by atoms with Gasteiger partial charge in [-0.25, -0.2) is 4.79 Å². The van der Waals surface area contributed by atoms with Gasteiger partial charge in [0.15, 0.2) is 0 Å². The Kier molecular flexibility index (Phi) is 61.2. The van der Waals surface area contributed by atoms with Crippen molar-refractivity contribution in [1.82, 2.24) is 79.7 Å². The monoisotopic (exact) mass is 2070 g/mol. The fourth-order valence-electron chi connectivity index (χ4n) is 9.58. The molecule has 698 valence electrons. The Labute approximate surface area is 838 Å². The first kappa shape index (κ1) is 114. The highest BCUT2D eigenvalue weighted by molar-refractivity contribution is 9.11. The van der Waals surface area contributed by atoms with Gasteiger partial charge in [-0.3, -0.25) is 79.7 Å². The lowest BCUT2D eigenvalue weighted by Crippen LogP contribution is -2.07. The topological polar surface area (TPSA) is 263 Å². The van der Waals surface area contributed by atoms with Gasteiger partial charge in [-0.15, -0.1) is 0 Å². The molecule has 0 aliphatic carbocycles. The summed E-state index contributed by atoms with van der Waals surface area (Å²) in [5.74, 6) is 1.86. The molecule has 19 aromatic rings. The fraction of sp³-hybridized carbons (Fsp3) is 0.120. The average Bonchev–Trinajstić information content (AvgIpc) is 0.877. The molecule has 0 aliphatic rings. The number of hydrogen-bond acceptors (Lipinski definition) is 22. The molecule has 0 N–H and O–H groups in total. The predicted octanol–water partition coefficient (Wildman–Crippen LogP) is 27.6. The summed E-state index contributed by atoms with van der Waals surface area (Å²) in [6.07, 6.45) is 52.1. The quantitative estimate of drug-likeness (QED) is 0.140. The van der Waals surface area contributed by atoms with E-state index in [2.05, 4.69) is 189 Å². The van der Waals surface area contributed by atoms with E-state index in [-0.39, 0.29) is 5.97 Å². The summed E-state index contributed by atoms with van der Waals surface area (Å²) in [5.41, 5.74) is 13.7. The van der Waals surface area contributed by atoms with Gasteiger partial charge in [0.05, 0.1) is 73.2 Å². The molecule has 16 heterocycles. The number of nitrogens with zero attached hydrogens (tertiary/aromatic N) is 17. The lowest BCUT2D eigenvalue weighted by molar-refractivity contribution is 0.0600. The number of methoxy groups -OCH3 is 4. The van der Waals surface area contributed by atoms with Gasteiger partial charge in [0, 0.05) is 218 Å². The number of carbonyl (C=O) groups excluding carboxylic acids is 1. The number of rotatable bonds is 6. The average molecular weight is 2070 g/mol. The smallest absolute Gasteiger partial charge is 0.339 e. The molecule has 0 saturated heterocycles. The van der Waals surface area contributed by atoms with Crippen LogP contribution in [0.2, 0.25) is 15.1 Å². The highest BCUT2D eigenvalue weighted by Crippen LogP contribution is 2.20. The van der Waals surface area contributed by atoms with Gasteiger partial charge in [0.1, 0.15) is 17.2 Å². The van der Waals surface area contributed by atoms with Crippen molar-refractivity contribution < 1.29 is 23.7 Å². The van der Waals surface area contributed by atoms with Crippen LogP contribution in [-0.2, 0) is 4.74 Å². The third-order valence-corrected chi connectivity index (χ3v) is 18.5. The number of aromatic nitrogens is 16. The zero-order chi connectivity index (χ0) is 98.7. The maximum atomic E-state index is 10.8. The van der Waals surface area contributed by atoms with E-state index in [1.807, 2.05) is 279 Å². The normalized spacial score (nSPS) is 9.17. The van der Waals surface area contributed by atoms with Gasteiger partial charge in [-0.1, -0.05) is 132 Å². The Morgan fingerprint density at radius 3 is 1.10 bits per heavy atom. The van der Waals surface area contributed by atoms with Crippen molar-refractivity contribution in [3.8, 4) is 28.4 Å². The van der Waals surface area contributed by atoms with E-state index in [0.717, 1.165) is 30.4 Å². The highest BCUT2D eigenvalue weighted by Gasteiger charge is 2.02. The Morgan fingerprint density at radius 1 is 0.279 bits per heavy atom. The number of para-hydroxylation sites is 1. The molecule has 136 heavy (non-hydrogen) atoms. The van der Waals surface area contributed by atoms with Crippen molar-refractivity contribution in [2.45, 2.75) is 48.5 Å². The van der Waals surface area contributed by atoms with Gasteiger partial charge in [0.25, 0.3) is 0 Å². The number of carbonyl (C=O) groups is 1. The molecule has 22 nitrogen and oxygen atoms in total. The van der Waals surface area contributed by atoms with Crippen molar-refractivity contribution in [3.05, 3.63) is 502 Å². The second kappa shape index (κ2) is 73.1. The second-order valence-corrected chi connectivity index (χ2v) is 31.6. The SMILES string of the molecule is Brc1cccnc1.Brc1cncc(Br)c1.CN(C)c1ccncc1.COC(=O)c1cccnc1.COc1cccnc1.COc1cncc(OC)c1.Cc1ccccn1.Cc1cccnc1.Cc1ccncc1.Cc1ccncc1C.Cc1cncc(C)c1.Clc1cccnc1.Clc1cncc(Cl)c1.c1ccc(-c2ccncc2)cc1.c1ccc2cnccc2c1.c1ccc2ncccc2c1. The lowest BCUT2D eigenvalue weighted by Gasteiger charge is -2.10. The third-order valence-electron chi connectivity index (χ3n) is 16.5. The van der Waals surface area contributed by atoms with Crippen LogP contribution in [0.15, 0.2) is 442 Å². The molecule has 0 spiro atoms. The maximum absolute atomic E-state index is 10.8. The van der Waals surface area contributed by atoms with Crippen LogP contribution < -0.4 is 19.1 Å². The van der Waals surface area contributed by atoms with E-state index in [1.54, 1.807) is 163 Å². The summed E-state index contributed by atoms with van der Waals surface area (Å²) < 4.78 is 22.1. The molecule has 0 amide bonds. The van der Waals surface area contributed by atoms with Crippen LogP contribution in [0.1, 0.15) is 49.4 Å². The van der Waals surface area contributed by atoms with Crippen molar-refractivity contribution >= 4 is 116 Å². The van der Waals surface area contributed by atoms with Crippen LogP contribution in [0.25, 0.3) is 32.8 Å². The summed E-state index contributed by atoms with van der Waals surface area (Å²) in [6, 6.07) is 78.1. The molecule has 16 aromatic heterocycles. The lowest BCUT2D eigenvalue weighted by atomic mass is 10.1. The van der Waals surface area contributed by atoms with Gasteiger partial charge >= 0.3 is 5.97 Å². The minimum Gasteiger partial charge on any atom is -0.495 e. The second-order valence-electron chi connectivity index (χ2n) is 27.5. The number of ether oxygens (including phenoxy) is 4. The molecular weight excluding hydrogens is 1960 g/mol. The predicted molar refractivity (Wildman–Crippen MR) is 565 cm³/mol. The van der Waals surface area contributed by atoms with E-state index in [4.69, 9.17) is 49.0 Å². The summed E-state index contributed by atoms with van der Waals surface area (Å²) in [4.78, 5) is 75.2. The van der Waals surface area contributed by atoms with E-state index in [9.17, 15) is 4.79 Å². The minimum atomic E-state index is -0.354. The number of aryl methyl sites for hydroxylation is 7. The molecule has 28 heteroatoms. The van der Waals surface area contributed by atoms with Crippen LogP contribution in [0, 0.1) is 48.5 Å². The van der Waals surface area contributed by atoms with Gasteiger partial charge in [-0.2, -0.15) is 0 Å². The third kappa shape index (κ3) is 56.4. The molecule has 0 atom stereocenters. The van der Waals surface area contributed by atoms with Crippen molar-refractivity contribution in [2.24, 2.45) is 0 Å². The number of pyridine rings is 16. The standard InChI is InChI=1S/C11H9N.2C9H7N.C7H10N2.C7H9NO2.C7H7NO2.2C7H9N.C6H7NO.3C6H7N.C5H3Br2N.C5H4BrN.C5H3Cl2N.C5H4ClN/c1-2-4-10(5-3-1)11-6-8-12-9-7-11;1-2-6-9-8(4-1)5-3-7-10-9;1-2-4-9-7-10-6-5-8(9)3-1;1-9(2)7-3-5-8-6-4-7;1-9-6-3-7(10-2)5-8-4-6;1-10-7(9)6-3-2-4-8-5-6;1-6-3-7(2)5-8-4-6;1-6-3-4-8-5-7(6)2;1-8-6-3-2-4-7-5-6;1-6-2-4-7-5-3-6;1-6-3-2-4-7-5-6;1-6-4-2-3-5-7-6;6-4-1-5(7)3-8-2-4;6-5-2-1-3-7-4-5;6-4-1-5(7)3-8-2-4;6-5-2-1-3-7-4-5/h1-9H;2*1-7H;3-6H,1-2H3;3-5H,1-2H3;2-5H,1H3;2*3-5H,1-2H3;2-5H,1H3;3*2-5H,1H3;1-3H;1-4H;1-3H;1-4H. The van der Waals surface area contributed by atoms with Gasteiger partial charge in [-0.05, 0) is 291 Å². The van der Waals surface area contributed by atoms with Gasteiger partial charge < -0.3 is 23.8 Å². The number of hydrogen-bond donors (Lipinski definition) is 0. The molecule has 0 unspecified atom stereocenters. The molecule has 0 saturated carbocycles. The zero-order valence-corrected chi connectivity index (χ0v) is 84.9. The van der Waals surface area contributed by atoms with Crippen LogP contribution in [0.3, 0.4) is 0 Å². The largest absolute Gasteiger partial charge is 0.495 e. The van der Waals surface area contributed by atoms with Crippen molar-refractivity contribution in [2.75, 3.05) is 47.4 Å². The Bertz CT molecular complexity index is 5580. The van der Waals surface area contributed by atoms with Crippen LogP contribution in [0.5, 0.6) is 17.2 Å². The number of anilines is 1. The van der Waals surface area contributed by atoms with Gasteiger partial charge in [0.2, 0.25) is 0 Å². The van der Waals surface area contributed by atoms with Crippen LogP contribution in [-0.4, -0.2) is 128 Å². The highest BCUT2D eigenvalue weighted by atomic mass is 79.9. The molecule has 0 bridgehead atoms. The minimum absolute atomic E-state index is 0.354. The first-order chi connectivity index (χ1) is 66.0. The van der Waals surface area contributed by atoms with E-state index >= 15 is 0 Å². The zero-order valence-electron chi connectivity index (χ0n) is 77.8. The van der Waals surface area contributed by atoms with Crippen LogP contribution >= 0.6 is 82.6 Å². The molecule has 0 aliphatic heterocycles. The van der Waals surface area contributed by atoms with Crippen molar-refractivity contribution in [1.29, 1.82) is 0 Å². The van der Waals surface area contributed by atoms with E-state index in [1.165, 1.54) is 92.1 Å². The summed E-state index contributed by atoms with van der Waals surface area (Å²) in [6.45, 7) is 14.3. The first-order valence-electron chi connectivity index (χ1n) is 41.6. The number of halogens is 6. The van der Waals surface area contributed by atoms with Crippen molar-refractivity contribution in [3.63, 3.8) is 0 Å². The summed E-state index contributed by atoms with van der Waals surface area (Å²) in [7, 11) is 10.2. The molecule has 19 rings (SSSR count). The molecule has 3 aromatic carbocycles. The van der Waals surface area contributed by atoms with E-state index in [0.29, 0.717) is 32.1 Å². The summed E-state index contributed by atoms with van der Waals surface area (Å²) >= 11 is 26.3. The van der Waals surface area contributed by atoms with E-state index < -0.39 is 0 Å². The summed E-state index contributed by atoms with van der Waals surface area (Å²) in [5, 5.41) is 5.46. The van der Waals surface area contributed by atoms with Crippen LogP contribution in [0.4, 0.5) is 5.69 Å². The maximum Gasteiger partial charge on any atom is 0.339 e. The Balaban J connectivity index is 0.000000304. The number of esters is 1. The fourth-order valence-corrected chi connectivity index (χ4v) is 11.4. The Hall–Kier alpha value is -14.4. The first-order valence-corrected chi connectivity index (χ1v) is 45.1. The number of fused-ring (bicyclic) bond motifs is 2. The number of benzene rings is 3.